The molecule has 0 radical (unpaired) electrons. The number of hydrogen-bond acceptors (Lipinski definition) is 18. The monoisotopic (exact) mass is 1310 g/mol. The number of benzene rings is 1. The third kappa shape index (κ3) is 20.4. The first-order valence-electron chi connectivity index (χ1n) is 34.1. The number of likely N-dealkylation sites (tertiary alicyclic amines) is 1. The van der Waals surface area contributed by atoms with Gasteiger partial charge in [0, 0.05) is 89.1 Å². The van der Waals surface area contributed by atoms with E-state index >= 15 is 0 Å². The first-order valence-corrected chi connectivity index (χ1v) is 34.1. The van der Waals surface area contributed by atoms with Gasteiger partial charge in [0.15, 0.2) is 5.79 Å². The Kier molecular flexibility index (Phi) is 26.1. The molecule has 25 heteroatoms. The van der Waals surface area contributed by atoms with E-state index in [4.69, 9.17) is 33.2 Å². The number of amides is 8. The molecule has 0 spiro atoms. The first kappa shape index (κ1) is 72.0. The third-order valence-corrected chi connectivity index (χ3v) is 19.8. The van der Waals surface area contributed by atoms with E-state index in [9.17, 15) is 53.4 Å². The summed E-state index contributed by atoms with van der Waals surface area (Å²) in [5.74, 6) is -5.25. The molecule has 1 aromatic carbocycles. The van der Waals surface area contributed by atoms with E-state index in [2.05, 4.69) is 53.6 Å². The van der Waals surface area contributed by atoms with E-state index in [1.54, 1.807) is 30.3 Å². The van der Waals surface area contributed by atoms with Crippen LogP contribution < -0.4 is 26.6 Å². The number of rotatable bonds is 33. The van der Waals surface area contributed by atoms with Crippen molar-refractivity contribution in [3.8, 4) is 0 Å². The molecule has 8 heterocycles. The van der Waals surface area contributed by atoms with Crippen LogP contribution in [0, 0.1) is 11.8 Å². The SMILES string of the molecule is C=C1C[C@H](CC[C@]2(O[C@@H]3C(C)CO[C@H]4CC[C@H](CC(=O)C[C@@H]5C[C@@H](C[C@H](O)CNC(=O)CNC(=O)[C@H](Cc6ccccc6)NC(=O)CNC(=O)CNC(=O)[C@@H]6C[C@@H](O)CN6C(=O)CCCCCN6C(=O)C=CC6=O)O[C@H]5C)O[C@@H]43)CCO2)O[C@H]1CC[C@H]1CCC(=C)[C@@H](C)O1. The van der Waals surface area contributed by atoms with Gasteiger partial charge in [-0.1, -0.05) is 56.8 Å². The number of carbonyl (C=O) groups excluding carboxylic acids is 9. The number of imide groups is 1. The Morgan fingerprint density at radius 1 is 0.777 bits per heavy atom. The van der Waals surface area contributed by atoms with Crippen LogP contribution in [0.4, 0.5) is 0 Å². The lowest BCUT2D eigenvalue weighted by Gasteiger charge is -2.51. The summed E-state index contributed by atoms with van der Waals surface area (Å²) in [6.07, 6.45) is 10.3. The summed E-state index contributed by atoms with van der Waals surface area (Å²) in [6, 6.07) is 6.63. The van der Waals surface area contributed by atoms with Crippen LogP contribution in [-0.2, 0) is 82.7 Å². The number of nitrogens with zero attached hydrogens (tertiary/aromatic N) is 2. The van der Waals surface area contributed by atoms with Crippen LogP contribution in [0.1, 0.15) is 148 Å². The number of fused-ring (bicyclic) bond motifs is 1. The second-order valence-corrected chi connectivity index (χ2v) is 27.1. The highest BCUT2D eigenvalue weighted by molar-refractivity contribution is 6.12. The summed E-state index contributed by atoms with van der Waals surface area (Å²) in [4.78, 5) is 118. The molecular weight excluding hydrogens is 1210 g/mol. The van der Waals surface area contributed by atoms with Crippen LogP contribution in [0.25, 0.3) is 0 Å². The van der Waals surface area contributed by atoms with Crippen molar-refractivity contribution in [3.05, 3.63) is 72.4 Å². The van der Waals surface area contributed by atoms with Crippen LogP contribution in [0.5, 0.6) is 0 Å². The molecule has 7 saturated heterocycles. The van der Waals surface area contributed by atoms with Crippen LogP contribution in [0.3, 0.4) is 0 Å². The Bertz CT molecular complexity index is 2870. The fourth-order valence-corrected chi connectivity index (χ4v) is 14.2. The van der Waals surface area contributed by atoms with Gasteiger partial charge in [-0.25, -0.2) is 0 Å². The Balaban J connectivity index is 0.648. The molecule has 0 saturated carbocycles. The van der Waals surface area contributed by atoms with Gasteiger partial charge in [-0.15, -0.1) is 0 Å². The Morgan fingerprint density at radius 3 is 2.27 bits per heavy atom. The zero-order valence-electron chi connectivity index (χ0n) is 54.8. The lowest BCUT2D eigenvalue weighted by molar-refractivity contribution is -0.362. The summed E-state index contributed by atoms with van der Waals surface area (Å²) < 4.78 is 45.3. The van der Waals surface area contributed by atoms with Crippen molar-refractivity contribution in [1.82, 2.24) is 36.4 Å². The minimum atomic E-state index is -1.17. The smallest absolute Gasteiger partial charge is 0.253 e. The Morgan fingerprint density at radius 2 is 1.52 bits per heavy atom. The second-order valence-electron chi connectivity index (χ2n) is 27.1. The Labute approximate surface area is 550 Å². The van der Waals surface area contributed by atoms with Crippen molar-refractivity contribution >= 4 is 53.0 Å². The van der Waals surface area contributed by atoms with Crippen molar-refractivity contribution in [2.75, 3.05) is 52.5 Å². The number of nitrogens with one attached hydrogen (secondary N) is 5. The lowest BCUT2D eigenvalue weighted by Crippen LogP contribution is -2.60. The van der Waals surface area contributed by atoms with Crippen LogP contribution in [0.15, 0.2) is 66.8 Å². The maximum Gasteiger partial charge on any atom is 0.253 e. The molecule has 94 heavy (non-hydrogen) atoms. The van der Waals surface area contributed by atoms with E-state index in [0.29, 0.717) is 63.7 Å². The zero-order chi connectivity index (χ0) is 67.1. The number of hydrogen-bond donors (Lipinski definition) is 7. The van der Waals surface area contributed by atoms with Crippen LogP contribution in [-0.4, -0.2) is 217 Å². The highest BCUT2D eigenvalue weighted by Gasteiger charge is 2.51. The molecule has 7 fully saturated rings. The summed E-state index contributed by atoms with van der Waals surface area (Å²) >= 11 is 0. The second kappa shape index (κ2) is 34.1. The Hall–Kier alpha value is -6.29. The molecule has 0 aromatic heterocycles. The zero-order valence-corrected chi connectivity index (χ0v) is 54.8. The highest BCUT2D eigenvalue weighted by Crippen LogP contribution is 2.43. The summed E-state index contributed by atoms with van der Waals surface area (Å²) in [6.45, 7) is 14.2. The van der Waals surface area contributed by atoms with Crippen LogP contribution in [0.2, 0.25) is 0 Å². The van der Waals surface area contributed by atoms with Gasteiger partial charge in [0.1, 0.15) is 24.0 Å². The summed E-state index contributed by atoms with van der Waals surface area (Å²) in [7, 11) is 0. The molecule has 1 unspecified atom stereocenters. The van der Waals surface area contributed by atoms with Gasteiger partial charge in [-0.2, -0.15) is 0 Å². The molecule has 8 amide bonds. The average Bonchev–Trinajstić information content (AvgIpc) is 1.04. The van der Waals surface area contributed by atoms with Crippen molar-refractivity contribution in [2.45, 2.75) is 240 Å². The fourth-order valence-electron chi connectivity index (χ4n) is 14.2. The van der Waals surface area contributed by atoms with Crippen molar-refractivity contribution in [3.63, 3.8) is 0 Å². The molecule has 9 rings (SSSR count). The van der Waals surface area contributed by atoms with Gasteiger partial charge in [0.2, 0.25) is 35.4 Å². The molecule has 518 valence electrons. The molecule has 17 atom stereocenters. The number of Topliss-reactive ketones (excluding diaryl/α,β-unsaturated/α-hetero) is 1. The normalized spacial score (nSPS) is 31.3. The summed E-state index contributed by atoms with van der Waals surface area (Å²) in [5.41, 5.74) is 2.99. The number of aliphatic hydroxyl groups excluding tert-OH is 2. The molecule has 1 aromatic rings. The van der Waals surface area contributed by atoms with Gasteiger partial charge in [-0.05, 0) is 107 Å². The number of ketones is 1. The van der Waals surface area contributed by atoms with E-state index in [-0.39, 0.29) is 148 Å². The maximum absolute atomic E-state index is 13.8. The quantitative estimate of drug-likeness (QED) is 0.0302. The minimum Gasteiger partial charge on any atom is -0.391 e. The van der Waals surface area contributed by atoms with Gasteiger partial charge >= 0.3 is 0 Å². The van der Waals surface area contributed by atoms with Crippen molar-refractivity contribution in [2.24, 2.45) is 11.8 Å². The number of aliphatic hydroxyl groups is 2. The van der Waals surface area contributed by atoms with E-state index in [0.717, 1.165) is 67.4 Å². The van der Waals surface area contributed by atoms with E-state index in [1.165, 1.54) is 17.1 Å². The largest absolute Gasteiger partial charge is 0.391 e. The highest BCUT2D eigenvalue weighted by atomic mass is 16.7. The number of carbonyl (C=O) groups is 9. The predicted molar refractivity (Wildman–Crippen MR) is 340 cm³/mol. The molecule has 0 bridgehead atoms. The number of ether oxygens (including phenoxy) is 7. The number of β-amino-alcohol motifs (C(OH)–C–C–N with tert-alkyl or cyclic N) is 1. The maximum atomic E-state index is 13.8. The minimum absolute atomic E-state index is 0.0168. The standard InChI is InChI=1S/C69H99N7O18/c1-41-15-16-51(90-44(41)4)17-19-57-42(2)28-53(92-57)23-24-69(25-27-89-69)94-65-43(3)40-88-58-20-18-52(93-66(58)65)32-48(77)30-47-31-54(91-45(47)5)33-49(78)35-70-59(80)36-72-67(86)55(29-46-12-8-6-9-13-46)74-61(82)38-71-60(81)37-73-68(87)56-34-50(79)39-76(56)62(83)14-10-7-11-26-75-63(84)21-22-64(75)85/h6,8-9,12-13,21-22,43-45,47,49-58,65-66,78-79H,1-2,7,10-11,14-20,23-40H2,3-5H3,(H,70,80)(H,71,81)(H,72,86)(H,73,87)(H,74,82)/t43?,44-,45+,47-,49+,50-,51-,52-,53+,54+,55+,56+,57+,58+,65-,66+,69+/m1/s1. The van der Waals surface area contributed by atoms with E-state index < -0.39 is 79.2 Å². The molecule has 25 nitrogen and oxygen atoms in total. The van der Waals surface area contributed by atoms with Gasteiger partial charge in [0.25, 0.3) is 11.8 Å². The topological polar surface area (TPSA) is 325 Å². The third-order valence-electron chi connectivity index (χ3n) is 19.8. The lowest BCUT2D eigenvalue weighted by atomic mass is 9.86. The summed E-state index contributed by atoms with van der Waals surface area (Å²) in [5, 5.41) is 34.0. The van der Waals surface area contributed by atoms with Gasteiger partial charge in [0.05, 0.1) is 100.0 Å². The number of unbranched alkanes of at least 4 members (excludes halogenated alkanes) is 2. The van der Waals surface area contributed by atoms with Gasteiger partial charge < -0.3 is 74.9 Å². The van der Waals surface area contributed by atoms with Gasteiger partial charge in [-0.3, -0.25) is 48.1 Å². The average molecular weight is 1310 g/mol. The van der Waals surface area contributed by atoms with Crippen LogP contribution >= 0.6 is 0 Å². The fraction of sp³-hybridized carbons (Fsp3) is 0.696. The molecule has 0 aliphatic carbocycles. The predicted octanol–water partition coefficient (Wildman–Crippen LogP) is 3.00. The molecular formula is C69H99N7O18. The van der Waals surface area contributed by atoms with E-state index in [1.807, 2.05) is 6.92 Å². The van der Waals surface area contributed by atoms with Crippen molar-refractivity contribution in [1.29, 1.82) is 0 Å². The molecule has 7 N–H and O–H groups in total. The van der Waals surface area contributed by atoms with Crippen molar-refractivity contribution < 1.29 is 86.5 Å². The molecule has 8 aliphatic heterocycles. The molecule has 8 aliphatic rings. The first-order chi connectivity index (χ1) is 45.1.